The van der Waals surface area contributed by atoms with Gasteiger partial charge in [-0.1, -0.05) is 6.92 Å². The van der Waals surface area contributed by atoms with Crippen LogP contribution in [0.25, 0.3) is 0 Å². The number of ether oxygens (including phenoxy) is 1. The molecule has 0 saturated carbocycles. The van der Waals surface area contributed by atoms with Gasteiger partial charge in [-0.05, 0) is 39.3 Å². The van der Waals surface area contributed by atoms with Crippen LogP contribution in [0.4, 0.5) is 4.79 Å². The summed E-state index contributed by atoms with van der Waals surface area (Å²) in [6.07, 6.45) is 6.43. The van der Waals surface area contributed by atoms with Crippen molar-refractivity contribution >= 4 is 6.09 Å². The molecule has 0 aromatic rings. The van der Waals surface area contributed by atoms with E-state index in [0.29, 0.717) is 6.54 Å². The van der Waals surface area contributed by atoms with E-state index < -0.39 is 5.60 Å². The minimum atomic E-state index is -0.455. The molecular formula is C14H24N2O2. The zero-order valence-electron chi connectivity index (χ0n) is 12.1. The van der Waals surface area contributed by atoms with Crippen molar-refractivity contribution in [2.45, 2.75) is 39.7 Å². The first-order valence-corrected chi connectivity index (χ1v) is 6.41. The Labute approximate surface area is 110 Å². The highest BCUT2D eigenvalue weighted by Gasteiger charge is 2.21. The predicted molar refractivity (Wildman–Crippen MR) is 73.1 cm³/mol. The van der Waals surface area contributed by atoms with E-state index in [1.54, 1.807) is 11.1 Å². The molecule has 0 saturated heterocycles. The highest BCUT2D eigenvalue weighted by molar-refractivity contribution is 5.69. The maximum atomic E-state index is 11.9. The number of allylic oxidation sites excluding steroid dienone is 3. The molecule has 1 aliphatic heterocycles. The molecule has 4 heteroatoms. The lowest BCUT2D eigenvalue weighted by Crippen LogP contribution is -2.38. The number of likely N-dealkylation sites (N-methyl/N-ethyl adjacent to an activating group) is 1. The number of carbonyl (C=O) groups is 1. The fourth-order valence-electron chi connectivity index (χ4n) is 1.72. The van der Waals surface area contributed by atoms with Gasteiger partial charge in [0.05, 0.1) is 0 Å². The molecule has 0 aromatic heterocycles. The van der Waals surface area contributed by atoms with Crippen LogP contribution in [0.1, 0.15) is 34.1 Å². The third kappa shape index (κ3) is 4.43. The summed E-state index contributed by atoms with van der Waals surface area (Å²) in [5.74, 6) is 0. The average Bonchev–Trinajstić information content (AvgIpc) is 2.22. The molecule has 0 N–H and O–H groups in total. The lowest BCUT2D eigenvalue weighted by Gasteiger charge is -2.29. The van der Waals surface area contributed by atoms with Gasteiger partial charge in [-0.15, -0.1) is 0 Å². The van der Waals surface area contributed by atoms with E-state index in [0.717, 1.165) is 13.0 Å². The van der Waals surface area contributed by atoms with Crippen LogP contribution in [-0.4, -0.2) is 41.6 Å². The smallest absolute Gasteiger partial charge is 0.414 e. The standard InChI is InChI=1S/C14H24N2O2/c1-6-12-8-7-9-16(11-10-15(12)5)13(17)18-14(2,3)4/h7-9H,6,10-11H2,1-5H3. The van der Waals surface area contributed by atoms with Crippen LogP contribution in [0.3, 0.4) is 0 Å². The molecule has 1 amide bonds. The molecule has 102 valence electrons. The number of hydrogen-bond acceptors (Lipinski definition) is 3. The van der Waals surface area contributed by atoms with Gasteiger partial charge in [-0.2, -0.15) is 0 Å². The van der Waals surface area contributed by atoms with Crippen molar-refractivity contribution in [3.05, 3.63) is 24.0 Å². The predicted octanol–water partition coefficient (Wildman–Crippen LogP) is 2.98. The Morgan fingerprint density at radius 2 is 2.06 bits per heavy atom. The van der Waals surface area contributed by atoms with Gasteiger partial charge in [0.15, 0.2) is 0 Å². The third-order valence-electron chi connectivity index (χ3n) is 2.71. The normalized spacial score (nSPS) is 17.1. The van der Waals surface area contributed by atoms with Gasteiger partial charge in [0.1, 0.15) is 5.60 Å². The van der Waals surface area contributed by atoms with E-state index in [9.17, 15) is 4.79 Å². The highest BCUT2D eigenvalue weighted by atomic mass is 16.6. The first kappa shape index (κ1) is 14.6. The number of amides is 1. The quantitative estimate of drug-likeness (QED) is 0.719. The van der Waals surface area contributed by atoms with Crippen LogP contribution >= 0.6 is 0 Å². The number of hydrogen-bond donors (Lipinski definition) is 0. The van der Waals surface area contributed by atoms with E-state index >= 15 is 0 Å². The van der Waals surface area contributed by atoms with Crippen LogP contribution in [0, 0.1) is 0 Å². The number of nitrogens with zero attached hydrogens (tertiary/aromatic N) is 2. The molecule has 18 heavy (non-hydrogen) atoms. The highest BCUT2D eigenvalue weighted by Crippen LogP contribution is 2.13. The molecule has 1 aliphatic rings. The molecule has 0 aliphatic carbocycles. The van der Waals surface area contributed by atoms with E-state index in [1.807, 2.05) is 40.0 Å². The van der Waals surface area contributed by atoms with E-state index in [1.165, 1.54) is 5.70 Å². The Morgan fingerprint density at radius 1 is 1.39 bits per heavy atom. The van der Waals surface area contributed by atoms with Crippen molar-refractivity contribution in [1.82, 2.24) is 9.80 Å². The van der Waals surface area contributed by atoms with Crippen molar-refractivity contribution < 1.29 is 9.53 Å². The summed E-state index contributed by atoms with van der Waals surface area (Å²) in [4.78, 5) is 15.7. The number of rotatable bonds is 1. The lowest BCUT2D eigenvalue weighted by molar-refractivity contribution is 0.0327. The van der Waals surface area contributed by atoms with Gasteiger partial charge >= 0.3 is 6.09 Å². The van der Waals surface area contributed by atoms with Gasteiger partial charge in [0, 0.05) is 32.0 Å². The van der Waals surface area contributed by atoms with Crippen LogP contribution in [0.2, 0.25) is 0 Å². The van der Waals surface area contributed by atoms with Gasteiger partial charge in [-0.25, -0.2) is 4.79 Å². The molecule has 0 spiro atoms. The first-order valence-electron chi connectivity index (χ1n) is 6.41. The fraction of sp³-hybridized carbons (Fsp3) is 0.643. The van der Waals surface area contributed by atoms with Crippen LogP contribution in [-0.2, 0) is 4.74 Å². The maximum Gasteiger partial charge on any atom is 0.414 e. The van der Waals surface area contributed by atoms with Crippen molar-refractivity contribution in [2.75, 3.05) is 20.1 Å². The molecular weight excluding hydrogens is 228 g/mol. The second kappa shape index (κ2) is 5.94. The van der Waals surface area contributed by atoms with Crippen molar-refractivity contribution in [3.8, 4) is 0 Å². The summed E-state index contributed by atoms with van der Waals surface area (Å²) in [5, 5.41) is 0. The summed E-state index contributed by atoms with van der Waals surface area (Å²) < 4.78 is 5.36. The average molecular weight is 252 g/mol. The topological polar surface area (TPSA) is 32.8 Å². The molecule has 0 aromatic carbocycles. The van der Waals surface area contributed by atoms with Gasteiger partial charge in [0.25, 0.3) is 0 Å². The third-order valence-corrected chi connectivity index (χ3v) is 2.71. The van der Waals surface area contributed by atoms with Crippen molar-refractivity contribution in [3.63, 3.8) is 0 Å². The van der Waals surface area contributed by atoms with Crippen LogP contribution < -0.4 is 0 Å². The summed E-state index contributed by atoms with van der Waals surface area (Å²) in [6, 6.07) is 0. The van der Waals surface area contributed by atoms with Crippen LogP contribution in [0.5, 0.6) is 0 Å². The van der Waals surface area contributed by atoms with Crippen molar-refractivity contribution in [1.29, 1.82) is 0 Å². The maximum absolute atomic E-state index is 11.9. The number of carbonyl (C=O) groups excluding carboxylic acids is 1. The molecule has 0 atom stereocenters. The molecule has 1 heterocycles. The Kier molecular flexibility index (Phi) is 4.82. The molecule has 0 unspecified atom stereocenters. The summed E-state index contributed by atoms with van der Waals surface area (Å²) in [7, 11) is 2.04. The van der Waals surface area contributed by atoms with E-state index in [2.05, 4.69) is 11.8 Å². The zero-order chi connectivity index (χ0) is 13.8. The summed E-state index contributed by atoms with van der Waals surface area (Å²) >= 11 is 0. The van der Waals surface area contributed by atoms with Crippen LogP contribution in [0.15, 0.2) is 24.0 Å². The monoisotopic (exact) mass is 252 g/mol. The lowest BCUT2D eigenvalue weighted by atomic mass is 10.2. The minimum Gasteiger partial charge on any atom is -0.443 e. The van der Waals surface area contributed by atoms with Gasteiger partial charge in [-0.3, -0.25) is 4.90 Å². The SMILES string of the molecule is CCC1=CC=CN(C(=O)OC(C)(C)C)CCN1C. The second-order valence-corrected chi connectivity index (χ2v) is 5.45. The first-order chi connectivity index (χ1) is 8.33. The Bertz CT molecular complexity index is 353. The molecule has 0 radical (unpaired) electrons. The largest absolute Gasteiger partial charge is 0.443 e. The van der Waals surface area contributed by atoms with E-state index in [4.69, 9.17) is 4.74 Å². The fourth-order valence-corrected chi connectivity index (χ4v) is 1.72. The van der Waals surface area contributed by atoms with Gasteiger partial charge in [0.2, 0.25) is 0 Å². The Hall–Kier alpha value is -1.45. The molecule has 0 fully saturated rings. The Balaban J connectivity index is 2.73. The molecule has 4 nitrogen and oxygen atoms in total. The summed E-state index contributed by atoms with van der Waals surface area (Å²) in [6.45, 7) is 9.20. The zero-order valence-corrected chi connectivity index (χ0v) is 12.1. The van der Waals surface area contributed by atoms with Crippen molar-refractivity contribution in [2.24, 2.45) is 0 Å². The summed E-state index contributed by atoms with van der Waals surface area (Å²) in [5.41, 5.74) is 0.818. The van der Waals surface area contributed by atoms with Gasteiger partial charge < -0.3 is 9.64 Å². The second-order valence-electron chi connectivity index (χ2n) is 5.45. The van der Waals surface area contributed by atoms with E-state index in [-0.39, 0.29) is 6.09 Å². The molecule has 0 bridgehead atoms. The Morgan fingerprint density at radius 3 is 2.61 bits per heavy atom. The minimum absolute atomic E-state index is 0.291. The molecule has 1 rings (SSSR count).